The number of halogens is 1. The first-order chi connectivity index (χ1) is 12.7. The molecule has 2 nitrogen and oxygen atoms in total. The Morgan fingerprint density at radius 3 is 2.04 bits per heavy atom. The standard InChI is InChI=1S/C17H16B7BrO2/c18-10-8-7-5-2-1-4(25)3-6(5)17(26)24-27-16(7)15(23)12(20)9(8)11(19)14(22)13(10)21/h1-3,26H,18-23H2. The van der Waals surface area contributed by atoms with Crippen LogP contribution in [0, 0.1) is 0 Å². The number of hydrogen-bond donors (Lipinski definition) is 1. The molecule has 0 spiro atoms. The predicted octanol–water partition coefficient (Wildman–Crippen LogP) is -6.32. The summed E-state index contributed by atoms with van der Waals surface area (Å²) in [7, 11) is 14.5. The average molecular weight is 408 g/mol. The van der Waals surface area contributed by atoms with Crippen molar-refractivity contribution in [3.05, 3.63) is 28.2 Å². The van der Waals surface area contributed by atoms with Gasteiger partial charge in [0.25, 0.3) is 0 Å². The second-order valence-electron chi connectivity index (χ2n) is 7.51. The molecular weight excluding hydrogens is 392 g/mol. The summed E-state index contributed by atoms with van der Waals surface area (Å²) < 4.78 is 6.97. The molecule has 0 aliphatic carbocycles. The molecule has 0 atom stereocenters. The van der Waals surface area contributed by atoms with Crippen LogP contribution in [0.15, 0.2) is 22.7 Å². The second-order valence-corrected chi connectivity index (χ2v) is 8.43. The van der Waals surface area contributed by atoms with Gasteiger partial charge in [0.15, 0.2) is 0 Å². The topological polar surface area (TPSA) is 29.5 Å². The number of benzene rings is 3. The number of aliphatic hydroxyl groups is 1. The van der Waals surface area contributed by atoms with Gasteiger partial charge in [-0.05, 0) is 0 Å². The van der Waals surface area contributed by atoms with Gasteiger partial charge in [-0.2, -0.15) is 0 Å². The van der Waals surface area contributed by atoms with Crippen LogP contribution in [0.2, 0.25) is 0 Å². The van der Waals surface area contributed by atoms with E-state index >= 15 is 0 Å². The quantitative estimate of drug-likeness (QED) is 0.376. The van der Waals surface area contributed by atoms with Gasteiger partial charge in [-0.15, -0.1) is 0 Å². The van der Waals surface area contributed by atoms with E-state index in [2.05, 4.69) is 69.1 Å². The maximum atomic E-state index is 10.6. The van der Waals surface area contributed by atoms with Gasteiger partial charge in [-0.1, -0.05) is 0 Å². The summed E-state index contributed by atoms with van der Waals surface area (Å²) in [6, 6.07) is 6.03. The van der Waals surface area contributed by atoms with Gasteiger partial charge in [0.1, 0.15) is 0 Å². The molecule has 0 radical (unpaired) electrons. The fourth-order valence-corrected chi connectivity index (χ4v) is 4.64. The number of fused-ring (bicyclic) bond motifs is 5. The zero-order valence-electron chi connectivity index (χ0n) is 16.5. The first-order valence-electron chi connectivity index (χ1n) is 9.13. The van der Waals surface area contributed by atoms with Crippen molar-refractivity contribution in [3.63, 3.8) is 0 Å². The molecule has 3 aromatic carbocycles. The first kappa shape index (κ1) is 18.7. The third kappa shape index (κ3) is 2.60. The van der Waals surface area contributed by atoms with Crippen molar-refractivity contribution in [2.24, 2.45) is 0 Å². The minimum absolute atomic E-state index is 0.144. The van der Waals surface area contributed by atoms with Crippen molar-refractivity contribution in [1.82, 2.24) is 0 Å². The van der Waals surface area contributed by atoms with Gasteiger partial charge in [0.05, 0.1) is 0 Å². The normalized spacial score (nSPS) is 12.4. The van der Waals surface area contributed by atoms with Crippen LogP contribution >= 0.6 is 15.9 Å². The van der Waals surface area contributed by atoms with Crippen LogP contribution in [-0.2, 0) is 0 Å². The van der Waals surface area contributed by atoms with E-state index in [0.29, 0.717) is 0 Å². The Balaban J connectivity index is 2.32. The molecule has 0 saturated heterocycles. The molecule has 0 fully saturated rings. The van der Waals surface area contributed by atoms with Crippen LogP contribution in [0.5, 0.6) is 5.75 Å². The molecule has 1 aliphatic rings. The number of rotatable bonds is 0. The van der Waals surface area contributed by atoms with Crippen LogP contribution in [0.3, 0.4) is 0 Å². The monoisotopic (exact) mass is 408 g/mol. The zero-order valence-corrected chi connectivity index (χ0v) is 18.1. The Morgan fingerprint density at radius 2 is 1.37 bits per heavy atom. The molecule has 1 N–H and O–H groups in total. The number of hydrogen-bond acceptors (Lipinski definition) is 2. The molecule has 0 saturated carbocycles. The zero-order chi connectivity index (χ0) is 19.6. The molecule has 4 rings (SSSR count). The summed E-state index contributed by atoms with van der Waals surface area (Å²) in [6.07, 6.45) is 0. The summed E-state index contributed by atoms with van der Waals surface area (Å²) in [5.41, 5.74) is 10.6. The third-order valence-corrected chi connectivity index (χ3v) is 6.75. The molecular formula is C17H16B7BrO2. The Labute approximate surface area is 174 Å². The van der Waals surface area contributed by atoms with Gasteiger partial charge in [0.2, 0.25) is 0 Å². The van der Waals surface area contributed by atoms with Gasteiger partial charge >= 0.3 is 174 Å². The molecule has 0 amide bonds. The Morgan fingerprint density at radius 1 is 0.778 bits per heavy atom. The molecule has 1 heterocycles. The first-order valence-corrected chi connectivity index (χ1v) is 9.92. The molecule has 0 bridgehead atoms. The van der Waals surface area contributed by atoms with Crippen LogP contribution in [0.1, 0.15) is 5.56 Å². The third-order valence-electron chi connectivity index (χ3n) is 6.26. The van der Waals surface area contributed by atoms with E-state index in [1.807, 2.05) is 12.1 Å². The molecule has 10 heteroatoms. The number of aliphatic hydroxyl groups excluding tert-OH is 1. The van der Waals surface area contributed by atoms with E-state index in [0.717, 1.165) is 32.4 Å². The van der Waals surface area contributed by atoms with E-state index in [9.17, 15) is 5.11 Å². The molecule has 1 aliphatic heterocycles. The fraction of sp³-hybridized carbons (Fsp3) is 0. The average Bonchev–Trinajstić information content (AvgIpc) is 2.78. The van der Waals surface area contributed by atoms with Crippen LogP contribution in [0.25, 0.3) is 21.9 Å². The fourth-order valence-electron chi connectivity index (χ4n) is 4.28. The second kappa shape index (κ2) is 6.44. The van der Waals surface area contributed by atoms with Gasteiger partial charge in [-0.25, -0.2) is 0 Å². The van der Waals surface area contributed by atoms with Crippen molar-refractivity contribution < 1.29 is 9.76 Å². The Bertz CT molecular complexity index is 1190. The summed E-state index contributed by atoms with van der Waals surface area (Å²) in [4.78, 5) is 0. The summed E-state index contributed by atoms with van der Waals surface area (Å²) in [6.45, 7) is 0. The SMILES string of the molecule is Bc1c(B)c(B)c2c3c(c(B)c(B)c2c1B)OB=C(O)c1cc(Br)ccc1-3. The Kier molecular flexibility index (Phi) is 4.46. The predicted molar refractivity (Wildman–Crippen MR) is 139 cm³/mol. The van der Waals surface area contributed by atoms with E-state index in [1.54, 1.807) is 0 Å². The van der Waals surface area contributed by atoms with Gasteiger partial charge < -0.3 is 0 Å². The van der Waals surface area contributed by atoms with Crippen LogP contribution in [-0.4, -0.2) is 65.0 Å². The van der Waals surface area contributed by atoms with Crippen molar-refractivity contribution >= 4 is 119 Å². The van der Waals surface area contributed by atoms with Crippen molar-refractivity contribution in [2.45, 2.75) is 0 Å². The minimum atomic E-state index is 0.144. The summed E-state index contributed by atoms with van der Waals surface area (Å²) in [5.74, 6) is 0.832. The molecule has 124 valence electrons. The van der Waals surface area contributed by atoms with Crippen LogP contribution in [0.4, 0.5) is 0 Å². The maximum absolute atomic E-state index is 10.6. The molecule has 27 heavy (non-hydrogen) atoms. The molecule has 3 aromatic rings. The summed E-state index contributed by atoms with van der Waals surface area (Å²) >= 11 is 3.53. The van der Waals surface area contributed by atoms with E-state index < -0.39 is 0 Å². The van der Waals surface area contributed by atoms with Crippen molar-refractivity contribution in [1.29, 1.82) is 0 Å². The van der Waals surface area contributed by atoms with Crippen molar-refractivity contribution in [2.75, 3.05) is 0 Å². The van der Waals surface area contributed by atoms with E-state index in [4.69, 9.17) is 4.65 Å². The van der Waals surface area contributed by atoms with E-state index in [1.165, 1.54) is 45.2 Å². The van der Waals surface area contributed by atoms with E-state index in [-0.39, 0.29) is 5.65 Å². The Hall–Kier alpha value is -1.68. The molecule has 0 unspecified atom stereocenters. The van der Waals surface area contributed by atoms with Crippen molar-refractivity contribution in [3.8, 4) is 16.9 Å². The molecule has 0 aromatic heterocycles. The van der Waals surface area contributed by atoms with Gasteiger partial charge in [-0.3, -0.25) is 0 Å². The summed E-state index contributed by atoms with van der Waals surface area (Å²) in [5, 5.41) is 13.1. The van der Waals surface area contributed by atoms with Crippen LogP contribution < -0.4 is 37.4 Å². The van der Waals surface area contributed by atoms with Gasteiger partial charge in [0, 0.05) is 0 Å².